The Morgan fingerprint density at radius 3 is 2.86 bits per heavy atom. The molecule has 0 saturated carbocycles. The van der Waals surface area contributed by atoms with E-state index in [0.29, 0.717) is 25.6 Å². The van der Waals surface area contributed by atoms with Gasteiger partial charge in [-0.2, -0.15) is 0 Å². The van der Waals surface area contributed by atoms with Gasteiger partial charge in [-0.05, 0) is 19.3 Å². The van der Waals surface area contributed by atoms with Crippen molar-refractivity contribution in [2.75, 3.05) is 19.7 Å². The van der Waals surface area contributed by atoms with E-state index in [0.717, 1.165) is 25.9 Å². The first-order valence-electron chi connectivity index (χ1n) is 5.33. The van der Waals surface area contributed by atoms with Crippen molar-refractivity contribution in [3.05, 3.63) is 0 Å². The molecule has 2 aliphatic rings. The van der Waals surface area contributed by atoms with Crippen molar-refractivity contribution >= 4 is 5.91 Å². The summed E-state index contributed by atoms with van der Waals surface area (Å²) in [6.07, 6.45) is 3.63. The third kappa shape index (κ3) is 2.25. The van der Waals surface area contributed by atoms with Gasteiger partial charge in [-0.15, -0.1) is 0 Å². The molecule has 14 heavy (non-hydrogen) atoms. The number of ether oxygens (including phenoxy) is 1. The molecule has 0 aromatic rings. The van der Waals surface area contributed by atoms with Crippen molar-refractivity contribution in [3.8, 4) is 0 Å². The molecule has 4 heteroatoms. The summed E-state index contributed by atoms with van der Waals surface area (Å²) in [5.74, 6) is 0.158. The summed E-state index contributed by atoms with van der Waals surface area (Å²) in [7, 11) is 0. The molecule has 80 valence electrons. The molecule has 0 aliphatic carbocycles. The number of rotatable bonds is 3. The Bertz CT molecular complexity index is 207. The maximum absolute atomic E-state index is 11.5. The number of aliphatic hydroxyl groups is 1. The summed E-state index contributed by atoms with van der Waals surface area (Å²) in [6.45, 7) is 1.88. The predicted octanol–water partition coefficient (Wildman–Crippen LogP) is 0.149. The molecule has 0 bridgehead atoms. The molecule has 1 amide bonds. The van der Waals surface area contributed by atoms with E-state index >= 15 is 0 Å². The van der Waals surface area contributed by atoms with Crippen molar-refractivity contribution < 1.29 is 14.6 Å². The molecule has 0 radical (unpaired) electrons. The zero-order valence-electron chi connectivity index (χ0n) is 8.32. The van der Waals surface area contributed by atoms with Gasteiger partial charge in [-0.25, -0.2) is 0 Å². The maximum atomic E-state index is 11.5. The highest BCUT2D eigenvalue weighted by Crippen LogP contribution is 2.18. The van der Waals surface area contributed by atoms with Crippen molar-refractivity contribution in [2.24, 2.45) is 0 Å². The normalized spacial score (nSPS) is 27.8. The second-order valence-electron chi connectivity index (χ2n) is 4.13. The lowest BCUT2D eigenvalue weighted by Crippen LogP contribution is -2.53. The van der Waals surface area contributed by atoms with Crippen LogP contribution >= 0.6 is 0 Å². The molecule has 1 unspecified atom stereocenters. The van der Waals surface area contributed by atoms with E-state index < -0.39 is 0 Å². The third-order valence-corrected chi connectivity index (χ3v) is 2.92. The van der Waals surface area contributed by atoms with Crippen molar-refractivity contribution in [2.45, 2.75) is 37.9 Å². The van der Waals surface area contributed by atoms with Crippen LogP contribution in [0.2, 0.25) is 0 Å². The van der Waals surface area contributed by atoms with Gasteiger partial charge in [0.2, 0.25) is 5.91 Å². The average molecular weight is 199 g/mol. The molecule has 1 atom stereocenters. The summed E-state index contributed by atoms with van der Waals surface area (Å²) in [5.41, 5.74) is 0. The Balaban J connectivity index is 1.62. The number of hydrogen-bond donors (Lipinski definition) is 1. The van der Waals surface area contributed by atoms with E-state index in [1.165, 1.54) is 0 Å². The molecule has 2 saturated heterocycles. The largest absolute Gasteiger partial charge is 0.389 e. The van der Waals surface area contributed by atoms with Crippen molar-refractivity contribution in [1.82, 2.24) is 4.90 Å². The van der Waals surface area contributed by atoms with Crippen LogP contribution in [-0.2, 0) is 9.53 Å². The second kappa shape index (κ2) is 4.28. The highest BCUT2D eigenvalue weighted by molar-refractivity contribution is 5.77. The average Bonchev–Trinajstić information content (AvgIpc) is 2.61. The zero-order chi connectivity index (χ0) is 9.97. The first-order valence-corrected chi connectivity index (χ1v) is 5.33. The first-order chi connectivity index (χ1) is 6.75. The fraction of sp³-hybridized carbons (Fsp3) is 0.900. The van der Waals surface area contributed by atoms with E-state index in [2.05, 4.69) is 0 Å². The number of aliphatic hydroxyl groups excluding tert-OH is 1. The Morgan fingerprint density at radius 1 is 1.50 bits per heavy atom. The smallest absolute Gasteiger partial charge is 0.222 e. The maximum Gasteiger partial charge on any atom is 0.222 e. The van der Waals surface area contributed by atoms with Crippen LogP contribution in [0.5, 0.6) is 0 Å². The number of likely N-dealkylation sites (tertiary alicyclic amines) is 1. The van der Waals surface area contributed by atoms with Crippen LogP contribution in [0.1, 0.15) is 25.7 Å². The van der Waals surface area contributed by atoms with E-state index in [1.54, 1.807) is 4.90 Å². The summed E-state index contributed by atoms with van der Waals surface area (Å²) < 4.78 is 5.44. The van der Waals surface area contributed by atoms with Crippen molar-refractivity contribution in [3.63, 3.8) is 0 Å². The fourth-order valence-electron chi connectivity index (χ4n) is 1.97. The number of carbonyl (C=O) groups excluding carboxylic acids is 1. The standard InChI is InChI=1S/C10H17NO3/c12-8-6-11(7-8)10(13)4-3-9-2-1-5-14-9/h8-9,12H,1-7H2. The lowest BCUT2D eigenvalue weighted by molar-refractivity contribution is -0.141. The minimum absolute atomic E-state index is 0.158. The number of amides is 1. The molecule has 0 aromatic heterocycles. The molecule has 4 nitrogen and oxygen atoms in total. The van der Waals surface area contributed by atoms with Gasteiger partial charge in [0, 0.05) is 26.1 Å². The van der Waals surface area contributed by atoms with Gasteiger partial charge < -0.3 is 14.7 Å². The Morgan fingerprint density at radius 2 is 2.29 bits per heavy atom. The number of carbonyl (C=O) groups is 1. The molecule has 2 aliphatic heterocycles. The lowest BCUT2D eigenvalue weighted by atomic mass is 10.1. The summed E-state index contributed by atoms with van der Waals surface area (Å²) in [4.78, 5) is 13.2. The highest BCUT2D eigenvalue weighted by atomic mass is 16.5. The third-order valence-electron chi connectivity index (χ3n) is 2.92. The fourth-order valence-corrected chi connectivity index (χ4v) is 1.97. The van der Waals surface area contributed by atoms with E-state index in [4.69, 9.17) is 9.84 Å². The van der Waals surface area contributed by atoms with E-state index in [-0.39, 0.29) is 12.0 Å². The van der Waals surface area contributed by atoms with Crippen LogP contribution in [0.25, 0.3) is 0 Å². The second-order valence-corrected chi connectivity index (χ2v) is 4.13. The lowest BCUT2D eigenvalue weighted by Gasteiger charge is -2.36. The molecule has 2 heterocycles. The van der Waals surface area contributed by atoms with E-state index in [9.17, 15) is 4.79 Å². The molecular formula is C10H17NO3. The zero-order valence-corrected chi connectivity index (χ0v) is 8.32. The first kappa shape index (κ1) is 9.93. The van der Waals surface area contributed by atoms with Crippen LogP contribution in [-0.4, -0.2) is 47.8 Å². The van der Waals surface area contributed by atoms with Crippen LogP contribution in [0.4, 0.5) is 0 Å². The highest BCUT2D eigenvalue weighted by Gasteiger charge is 2.29. The Hall–Kier alpha value is -0.610. The van der Waals surface area contributed by atoms with Crippen molar-refractivity contribution in [1.29, 1.82) is 0 Å². The quantitative estimate of drug-likeness (QED) is 0.704. The summed E-state index contributed by atoms with van der Waals surface area (Å²) in [6, 6.07) is 0. The van der Waals surface area contributed by atoms with Gasteiger partial charge in [0.05, 0.1) is 12.2 Å². The molecule has 2 fully saturated rings. The minimum atomic E-state index is -0.290. The molecule has 1 N–H and O–H groups in total. The molecular weight excluding hydrogens is 182 g/mol. The Labute approximate surface area is 83.8 Å². The van der Waals surface area contributed by atoms with Gasteiger partial charge in [0.15, 0.2) is 0 Å². The molecule has 0 aromatic carbocycles. The SMILES string of the molecule is O=C(CCC1CCCO1)N1CC(O)C1. The minimum Gasteiger partial charge on any atom is -0.389 e. The molecule has 0 spiro atoms. The predicted molar refractivity (Wildman–Crippen MR) is 50.8 cm³/mol. The topological polar surface area (TPSA) is 49.8 Å². The van der Waals surface area contributed by atoms with Gasteiger partial charge in [-0.3, -0.25) is 4.79 Å². The summed E-state index contributed by atoms with van der Waals surface area (Å²) in [5, 5.41) is 9.03. The van der Waals surface area contributed by atoms with Crippen LogP contribution in [0.15, 0.2) is 0 Å². The van der Waals surface area contributed by atoms with Crippen LogP contribution in [0.3, 0.4) is 0 Å². The van der Waals surface area contributed by atoms with Gasteiger partial charge in [-0.1, -0.05) is 0 Å². The number of nitrogens with zero attached hydrogens (tertiary/aromatic N) is 1. The number of hydrogen-bond acceptors (Lipinski definition) is 3. The Kier molecular flexibility index (Phi) is 3.03. The van der Waals surface area contributed by atoms with Crippen LogP contribution < -0.4 is 0 Å². The molecule has 2 rings (SSSR count). The van der Waals surface area contributed by atoms with Crippen LogP contribution in [0, 0.1) is 0 Å². The summed E-state index contributed by atoms with van der Waals surface area (Å²) >= 11 is 0. The van der Waals surface area contributed by atoms with Gasteiger partial charge in [0.25, 0.3) is 0 Å². The van der Waals surface area contributed by atoms with Gasteiger partial charge >= 0.3 is 0 Å². The monoisotopic (exact) mass is 199 g/mol. The van der Waals surface area contributed by atoms with Gasteiger partial charge in [0.1, 0.15) is 0 Å². The number of β-amino-alcohol motifs (C(OH)–C–C–N with tert-alkyl or cyclic N) is 1. The van der Waals surface area contributed by atoms with E-state index in [1.807, 2.05) is 0 Å².